The van der Waals surface area contributed by atoms with E-state index in [4.69, 9.17) is 26.3 Å². The second-order valence-electron chi connectivity index (χ2n) is 7.28. The molecule has 9 heteroatoms. The van der Waals surface area contributed by atoms with Gasteiger partial charge in [-0.3, -0.25) is 14.1 Å². The number of carbonyl (C=O) groups excluding carboxylic acids is 1. The van der Waals surface area contributed by atoms with Crippen LogP contribution in [0.25, 0.3) is 0 Å². The zero-order chi connectivity index (χ0) is 22.1. The van der Waals surface area contributed by atoms with Crippen molar-refractivity contribution in [2.45, 2.75) is 58.5 Å². The molecule has 1 aromatic rings. The van der Waals surface area contributed by atoms with Gasteiger partial charge in [0.15, 0.2) is 12.4 Å². The van der Waals surface area contributed by atoms with Crippen molar-refractivity contribution < 1.29 is 23.7 Å². The van der Waals surface area contributed by atoms with Crippen LogP contribution in [0.5, 0.6) is 0 Å². The SMILES string of the molecule is C=C1Cn2c(cc3c(c2=O)COC(=O)[C@]3(O)CC)C1=N/C(=C/C(C)OCOCl)CC. The number of hydrogen-bond acceptors (Lipinski definition) is 7. The zero-order valence-corrected chi connectivity index (χ0v) is 18.0. The molecule has 2 aliphatic heterocycles. The summed E-state index contributed by atoms with van der Waals surface area (Å²) >= 11 is 5.18. The first kappa shape index (κ1) is 22.4. The third-order valence-corrected chi connectivity index (χ3v) is 5.48. The summed E-state index contributed by atoms with van der Waals surface area (Å²) < 4.78 is 16.4. The van der Waals surface area contributed by atoms with E-state index in [0.717, 1.165) is 5.70 Å². The van der Waals surface area contributed by atoms with E-state index in [0.29, 0.717) is 23.4 Å². The fourth-order valence-corrected chi connectivity index (χ4v) is 3.72. The summed E-state index contributed by atoms with van der Waals surface area (Å²) in [6.45, 7) is 9.56. The molecule has 162 valence electrons. The minimum Gasteiger partial charge on any atom is -0.458 e. The molecule has 3 rings (SSSR count). The molecule has 3 heterocycles. The predicted octanol–water partition coefficient (Wildman–Crippen LogP) is 2.69. The Kier molecular flexibility index (Phi) is 6.62. The second kappa shape index (κ2) is 8.85. The topological polar surface area (TPSA) is 99.4 Å². The van der Waals surface area contributed by atoms with Gasteiger partial charge in [0.2, 0.25) is 0 Å². The van der Waals surface area contributed by atoms with E-state index in [9.17, 15) is 14.7 Å². The van der Waals surface area contributed by atoms with Crippen LogP contribution in [0, 0.1) is 0 Å². The van der Waals surface area contributed by atoms with Crippen molar-refractivity contribution in [3.05, 3.63) is 57.2 Å². The number of ether oxygens (including phenoxy) is 2. The second-order valence-corrected chi connectivity index (χ2v) is 7.50. The zero-order valence-electron chi connectivity index (χ0n) is 17.2. The largest absolute Gasteiger partial charge is 0.458 e. The lowest BCUT2D eigenvalue weighted by Crippen LogP contribution is -2.44. The van der Waals surface area contributed by atoms with Gasteiger partial charge >= 0.3 is 5.97 Å². The van der Waals surface area contributed by atoms with Crippen LogP contribution in [0.4, 0.5) is 0 Å². The van der Waals surface area contributed by atoms with Gasteiger partial charge in [-0.05, 0) is 37.5 Å². The Hall–Kier alpha value is -2.26. The van der Waals surface area contributed by atoms with E-state index in [1.807, 2.05) is 19.9 Å². The van der Waals surface area contributed by atoms with Crippen LogP contribution in [0.1, 0.15) is 50.4 Å². The lowest BCUT2D eigenvalue weighted by molar-refractivity contribution is -0.172. The maximum atomic E-state index is 13.1. The highest BCUT2D eigenvalue weighted by molar-refractivity contribution is 6.13. The maximum Gasteiger partial charge on any atom is 0.343 e. The van der Waals surface area contributed by atoms with Crippen molar-refractivity contribution in [2.75, 3.05) is 6.79 Å². The molecule has 0 bridgehead atoms. The first-order valence-electron chi connectivity index (χ1n) is 9.76. The van der Waals surface area contributed by atoms with E-state index >= 15 is 0 Å². The Bertz CT molecular complexity index is 996. The number of esters is 1. The molecule has 0 spiro atoms. The third kappa shape index (κ3) is 3.88. The van der Waals surface area contributed by atoms with Crippen LogP contribution in [0.3, 0.4) is 0 Å². The van der Waals surface area contributed by atoms with Crippen molar-refractivity contribution in [3.63, 3.8) is 0 Å². The van der Waals surface area contributed by atoms with Crippen molar-refractivity contribution in [1.82, 2.24) is 4.57 Å². The number of aliphatic hydroxyl groups is 1. The van der Waals surface area contributed by atoms with Crippen LogP contribution >= 0.6 is 11.9 Å². The number of hydrogen-bond donors (Lipinski definition) is 1. The highest BCUT2D eigenvalue weighted by Gasteiger charge is 2.45. The molecule has 2 atom stereocenters. The highest BCUT2D eigenvalue weighted by Crippen LogP contribution is 2.35. The maximum absolute atomic E-state index is 13.1. The van der Waals surface area contributed by atoms with Gasteiger partial charge in [0.1, 0.15) is 6.61 Å². The third-order valence-electron chi connectivity index (χ3n) is 5.39. The number of allylic oxidation sites excluding steroid dienone is 2. The summed E-state index contributed by atoms with van der Waals surface area (Å²) in [7, 11) is 0. The molecule has 30 heavy (non-hydrogen) atoms. The molecule has 0 fully saturated rings. The molecule has 0 aromatic carbocycles. The fraction of sp³-hybridized carbons (Fsp3) is 0.476. The molecule has 0 saturated heterocycles. The Morgan fingerprint density at radius 3 is 2.87 bits per heavy atom. The smallest absolute Gasteiger partial charge is 0.343 e. The molecule has 8 nitrogen and oxygen atoms in total. The average molecular weight is 437 g/mol. The summed E-state index contributed by atoms with van der Waals surface area (Å²) in [5.41, 5.74) is 0.847. The van der Waals surface area contributed by atoms with Gasteiger partial charge in [0, 0.05) is 11.3 Å². The van der Waals surface area contributed by atoms with Crippen LogP contribution in [0.15, 0.2) is 39.8 Å². The van der Waals surface area contributed by atoms with Gasteiger partial charge < -0.3 is 19.1 Å². The first-order chi connectivity index (χ1) is 14.3. The number of carbonyl (C=O) groups is 1. The van der Waals surface area contributed by atoms with Crippen LogP contribution in [0.2, 0.25) is 0 Å². The van der Waals surface area contributed by atoms with E-state index in [2.05, 4.69) is 10.9 Å². The normalized spacial score (nSPS) is 23.4. The van der Waals surface area contributed by atoms with Gasteiger partial charge in [-0.1, -0.05) is 20.4 Å². The summed E-state index contributed by atoms with van der Waals surface area (Å²) in [4.78, 5) is 30.0. The van der Waals surface area contributed by atoms with Crippen molar-refractivity contribution in [1.29, 1.82) is 0 Å². The highest BCUT2D eigenvalue weighted by atomic mass is 35.5. The Balaban J connectivity index is 2.11. The van der Waals surface area contributed by atoms with E-state index in [1.54, 1.807) is 17.6 Å². The number of aliphatic imine (C=N–C) groups is 1. The van der Waals surface area contributed by atoms with E-state index < -0.39 is 11.6 Å². The predicted molar refractivity (Wildman–Crippen MR) is 111 cm³/mol. The quantitative estimate of drug-likeness (QED) is 0.521. The minimum atomic E-state index is -1.86. The van der Waals surface area contributed by atoms with Crippen molar-refractivity contribution >= 4 is 23.5 Å². The summed E-state index contributed by atoms with van der Waals surface area (Å²) in [6, 6.07) is 1.66. The first-order valence-corrected chi connectivity index (χ1v) is 10.1. The van der Waals surface area contributed by atoms with Gasteiger partial charge in [-0.15, -0.1) is 0 Å². The molecule has 0 radical (unpaired) electrons. The van der Waals surface area contributed by atoms with E-state index in [1.165, 1.54) is 0 Å². The Morgan fingerprint density at radius 2 is 2.23 bits per heavy atom. The molecule has 0 amide bonds. The number of pyridine rings is 1. The van der Waals surface area contributed by atoms with Gasteiger partial charge in [-0.2, -0.15) is 0 Å². The fourth-order valence-electron chi connectivity index (χ4n) is 3.67. The number of aromatic nitrogens is 1. The van der Waals surface area contributed by atoms with E-state index in [-0.39, 0.29) is 49.2 Å². The lowest BCUT2D eigenvalue weighted by atomic mass is 9.86. The van der Waals surface area contributed by atoms with Gasteiger partial charge in [0.25, 0.3) is 5.56 Å². The molecular weight excluding hydrogens is 412 g/mol. The minimum absolute atomic E-state index is 0.0600. The number of nitrogens with zero attached hydrogens (tertiary/aromatic N) is 2. The molecule has 1 unspecified atom stereocenters. The summed E-state index contributed by atoms with van der Waals surface area (Å²) in [5.74, 6) is -0.751. The Morgan fingerprint density at radius 1 is 1.50 bits per heavy atom. The van der Waals surface area contributed by atoms with Crippen molar-refractivity contribution in [3.8, 4) is 0 Å². The van der Waals surface area contributed by atoms with Gasteiger partial charge in [-0.25, -0.2) is 4.79 Å². The summed E-state index contributed by atoms with van der Waals surface area (Å²) in [6.07, 6.45) is 2.25. The monoisotopic (exact) mass is 436 g/mol. The van der Waals surface area contributed by atoms with Crippen LogP contribution in [-0.4, -0.2) is 34.3 Å². The average Bonchev–Trinajstić information content (AvgIpc) is 3.04. The number of cyclic esters (lactones) is 1. The molecular formula is C21H25ClN2O6. The van der Waals surface area contributed by atoms with Crippen LogP contribution < -0.4 is 5.56 Å². The summed E-state index contributed by atoms with van der Waals surface area (Å²) in [5, 5.41) is 10.9. The molecule has 1 aromatic heterocycles. The van der Waals surface area contributed by atoms with Crippen LogP contribution in [-0.2, 0) is 37.3 Å². The standard InChI is InChI=1S/C21H25ClN2O6/c1-5-14(7-13(4)29-11-30-22)23-18-12(3)9-24-17(18)8-16-15(19(24)25)10-28-20(26)21(16,27)6-2/h7-8,13,27H,3,5-6,9-11H2,1-2,4H3/b14-7+,23-18?/t13?,21-/m0/s1. The number of fused-ring (bicyclic) bond motifs is 2. The van der Waals surface area contributed by atoms with Crippen molar-refractivity contribution in [2.24, 2.45) is 4.99 Å². The lowest BCUT2D eigenvalue weighted by Gasteiger charge is -2.31. The Labute approximate surface area is 179 Å². The molecule has 1 N–H and O–H groups in total. The molecule has 0 saturated carbocycles. The molecule has 2 aliphatic rings. The number of rotatable bonds is 7. The van der Waals surface area contributed by atoms with Gasteiger partial charge in [0.05, 0.1) is 41.5 Å². The number of halogens is 1. The molecule has 0 aliphatic carbocycles.